The predicted octanol–water partition coefficient (Wildman–Crippen LogP) is 0.430. The highest BCUT2D eigenvalue weighted by molar-refractivity contribution is 7.89. The number of oxazole rings is 1. The Labute approximate surface area is 97.9 Å². The lowest BCUT2D eigenvalue weighted by Crippen LogP contribution is -2.22. The lowest BCUT2D eigenvalue weighted by molar-refractivity contribution is 0.527. The van der Waals surface area contributed by atoms with E-state index in [4.69, 9.17) is 4.42 Å². The van der Waals surface area contributed by atoms with Gasteiger partial charge in [-0.05, 0) is 12.1 Å². The van der Waals surface area contributed by atoms with Crippen molar-refractivity contribution in [2.24, 2.45) is 7.05 Å². The molecule has 2 rings (SSSR count). The fourth-order valence-corrected chi connectivity index (χ4v) is 2.61. The van der Waals surface area contributed by atoms with Crippen molar-refractivity contribution in [1.29, 1.82) is 0 Å². The topological polar surface area (TPSA) is 81.3 Å². The Morgan fingerprint density at radius 1 is 1.41 bits per heavy atom. The minimum absolute atomic E-state index is 0.0844. The van der Waals surface area contributed by atoms with Crippen LogP contribution in [0.25, 0.3) is 11.1 Å². The summed E-state index contributed by atoms with van der Waals surface area (Å²) in [4.78, 5) is 11.3. The Kier molecular flexibility index (Phi) is 2.80. The average Bonchev–Trinajstić information content (AvgIpc) is 2.54. The molecule has 0 aliphatic rings. The largest absolute Gasteiger partial charge is 0.419 e. The predicted molar refractivity (Wildman–Crippen MR) is 62.3 cm³/mol. The highest BCUT2D eigenvalue weighted by Gasteiger charge is 2.15. The summed E-state index contributed by atoms with van der Waals surface area (Å²) in [5.41, 5.74) is 0.821. The number of sulfonamides is 1. The lowest BCUT2D eigenvalue weighted by atomic mass is 10.3. The maximum absolute atomic E-state index is 11.7. The van der Waals surface area contributed by atoms with Crippen LogP contribution < -0.4 is 10.5 Å². The van der Waals surface area contributed by atoms with E-state index >= 15 is 0 Å². The SMILES string of the molecule is CCNS(=O)(=O)c1ccc2c(c1)oc(=O)n2C. The first kappa shape index (κ1) is 11.9. The molecule has 1 aromatic carbocycles. The first-order chi connectivity index (χ1) is 7.95. The van der Waals surface area contributed by atoms with Crippen LogP contribution in [-0.4, -0.2) is 19.5 Å². The summed E-state index contributed by atoms with van der Waals surface area (Å²) in [6, 6.07) is 4.33. The summed E-state index contributed by atoms with van der Waals surface area (Å²) in [5, 5.41) is 0. The van der Waals surface area contributed by atoms with Crippen LogP contribution in [0.3, 0.4) is 0 Å². The van der Waals surface area contributed by atoms with Gasteiger partial charge in [-0.3, -0.25) is 4.57 Å². The molecule has 0 atom stereocenters. The molecule has 1 aromatic heterocycles. The molecule has 0 saturated carbocycles. The minimum atomic E-state index is -3.53. The monoisotopic (exact) mass is 256 g/mol. The Morgan fingerprint density at radius 3 is 2.76 bits per heavy atom. The summed E-state index contributed by atoms with van der Waals surface area (Å²) in [5.74, 6) is -0.516. The van der Waals surface area contributed by atoms with Crippen LogP contribution in [0.4, 0.5) is 0 Å². The van der Waals surface area contributed by atoms with E-state index in [2.05, 4.69) is 4.72 Å². The van der Waals surface area contributed by atoms with Crippen LogP contribution in [0.15, 0.2) is 32.3 Å². The molecule has 0 spiro atoms. The molecule has 6 nitrogen and oxygen atoms in total. The van der Waals surface area contributed by atoms with Gasteiger partial charge in [-0.2, -0.15) is 0 Å². The standard InChI is InChI=1S/C10H12N2O4S/c1-3-11-17(14,15)7-4-5-8-9(6-7)16-10(13)12(8)2/h4-6,11H,3H2,1-2H3. The summed E-state index contributed by atoms with van der Waals surface area (Å²) in [7, 11) is -1.96. The number of rotatable bonds is 3. The number of nitrogens with zero attached hydrogens (tertiary/aromatic N) is 1. The maximum atomic E-state index is 11.7. The van der Waals surface area contributed by atoms with Gasteiger partial charge >= 0.3 is 5.76 Å². The van der Waals surface area contributed by atoms with Gasteiger partial charge in [0.1, 0.15) is 0 Å². The number of benzene rings is 1. The zero-order chi connectivity index (χ0) is 12.6. The van der Waals surface area contributed by atoms with Crippen LogP contribution in [0.1, 0.15) is 6.92 Å². The van der Waals surface area contributed by atoms with Crippen molar-refractivity contribution < 1.29 is 12.8 Å². The van der Waals surface area contributed by atoms with Crippen LogP contribution in [0.2, 0.25) is 0 Å². The van der Waals surface area contributed by atoms with E-state index < -0.39 is 15.8 Å². The fourth-order valence-electron chi connectivity index (χ4n) is 1.55. The van der Waals surface area contributed by atoms with Crippen LogP contribution >= 0.6 is 0 Å². The van der Waals surface area contributed by atoms with Gasteiger partial charge in [-0.15, -0.1) is 0 Å². The molecule has 0 aliphatic carbocycles. The van der Waals surface area contributed by atoms with Gasteiger partial charge in [0.15, 0.2) is 5.58 Å². The van der Waals surface area contributed by atoms with Crippen LogP contribution in [0.5, 0.6) is 0 Å². The third-order valence-corrected chi connectivity index (χ3v) is 3.95. The highest BCUT2D eigenvalue weighted by atomic mass is 32.2. The summed E-state index contributed by atoms with van der Waals surface area (Å²) in [6.45, 7) is 2.00. The van der Waals surface area contributed by atoms with Crippen molar-refractivity contribution >= 4 is 21.1 Å². The van der Waals surface area contributed by atoms with Gasteiger partial charge in [-0.25, -0.2) is 17.9 Å². The number of fused-ring (bicyclic) bond motifs is 1. The van der Waals surface area contributed by atoms with E-state index in [1.807, 2.05) is 0 Å². The van der Waals surface area contributed by atoms with Crippen molar-refractivity contribution in [3.05, 3.63) is 28.7 Å². The third kappa shape index (κ3) is 1.98. The molecular formula is C10H12N2O4S. The van der Waals surface area contributed by atoms with Crippen molar-refractivity contribution in [3.8, 4) is 0 Å². The van der Waals surface area contributed by atoms with E-state index in [0.29, 0.717) is 12.1 Å². The molecule has 17 heavy (non-hydrogen) atoms. The summed E-state index contributed by atoms with van der Waals surface area (Å²) >= 11 is 0. The molecule has 1 heterocycles. The fraction of sp³-hybridized carbons (Fsp3) is 0.300. The second-order valence-electron chi connectivity index (χ2n) is 3.56. The first-order valence-corrected chi connectivity index (χ1v) is 6.53. The quantitative estimate of drug-likeness (QED) is 0.863. The van der Waals surface area contributed by atoms with Gasteiger partial charge in [0, 0.05) is 19.7 Å². The summed E-state index contributed by atoms with van der Waals surface area (Å²) < 4.78 is 32.1. The molecule has 7 heteroatoms. The smallest absolute Gasteiger partial charge is 0.408 e. The molecule has 0 fully saturated rings. The van der Waals surface area contributed by atoms with Crippen molar-refractivity contribution in [2.45, 2.75) is 11.8 Å². The molecule has 92 valence electrons. The molecular weight excluding hydrogens is 244 g/mol. The maximum Gasteiger partial charge on any atom is 0.419 e. The number of hydrogen-bond acceptors (Lipinski definition) is 4. The molecule has 0 amide bonds. The zero-order valence-electron chi connectivity index (χ0n) is 9.43. The second-order valence-corrected chi connectivity index (χ2v) is 5.32. The zero-order valence-corrected chi connectivity index (χ0v) is 10.2. The van der Waals surface area contributed by atoms with Gasteiger partial charge in [0.25, 0.3) is 0 Å². The lowest BCUT2D eigenvalue weighted by Gasteiger charge is -2.03. The van der Waals surface area contributed by atoms with E-state index in [-0.39, 0.29) is 10.5 Å². The molecule has 0 bridgehead atoms. The summed E-state index contributed by atoms with van der Waals surface area (Å²) in [6.07, 6.45) is 0. The molecule has 0 radical (unpaired) electrons. The highest BCUT2D eigenvalue weighted by Crippen LogP contribution is 2.17. The van der Waals surface area contributed by atoms with E-state index in [0.717, 1.165) is 0 Å². The number of nitrogens with one attached hydrogen (secondary N) is 1. The normalized spacial score (nSPS) is 12.1. The van der Waals surface area contributed by atoms with Crippen LogP contribution in [-0.2, 0) is 17.1 Å². The molecule has 1 N–H and O–H groups in total. The van der Waals surface area contributed by atoms with Crippen molar-refractivity contribution in [3.63, 3.8) is 0 Å². The Morgan fingerprint density at radius 2 is 2.12 bits per heavy atom. The van der Waals surface area contributed by atoms with Crippen LogP contribution in [0, 0.1) is 0 Å². The van der Waals surface area contributed by atoms with Crippen molar-refractivity contribution in [2.75, 3.05) is 6.54 Å². The Balaban J connectivity index is 2.64. The molecule has 0 saturated heterocycles. The molecule has 0 aliphatic heterocycles. The Hall–Kier alpha value is -1.60. The number of hydrogen-bond donors (Lipinski definition) is 1. The van der Waals surface area contributed by atoms with Gasteiger partial charge in [0.05, 0.1) is 10.4 Å². The molecule has 0 unspecified atom stereocenters. The van der Waals surface area contributed by atoms with Gasteiger partial charge in [-0.1, -0.05) is 6.92 Å². The average molecular weight is 256 g/mol. The number of aryl methyl sites for hydroxylation is 1. The number of aromatic nitrogens is 1. The second kappa shape index (κ2) is 4.01. The van der Waals surface area contributed by atoms with E-state index in [1.165, 1.54) is 16.7 Å². The van der Waals surface area contributed by atoms with Gasteiger partial charge < -0.3 is 4.42 Å². The van der Waals surface area contributed by atoms with E-state index in [1.54, 1.807) is 20.0 Å². The molecule has 2 aromatic rings. The first-order valence-electron chi connectivity index (χ1n) is 5.05. The van der Waals surface area contributed by atoms with Gasteiger partial charge in [0.2, 0.25) is 10.0 Å². The minimum Gasteiger partial charge on any atom is -0.408 e. The van der Waals surface area contributed by atoms with Crippen molar-refractivity contribution in [1.82, 2.24) is 9.29 Å². The third-order valence-electron chi connectivity index (χ3n) is 2.41. The van der Waals surface area contributed by atoms with E-state index in [9.17, 15) is 13.2 Å². The Bertz CT molecular complexity index is 711.